The molecule has 0 unspecified atom stereocenters. The fourth-order valence-corrected chi connectivity index (χ4v) is 1.13. The van der Waals surface area contributed by atoms with E-state index in [0.717, 1.165) is 11.6 Å². The van der Waals surface area contributed by atoms with Gasteiger partial charge in [-0.25, -0.2) is 9.97 Å². The molecule has 0 saturated carbocycles. The Labute approximate surface area is 89.7 Å². The molecule has 0 saturated heterocycles. The summed E-state index contributed by atoms with van der Waals surface area (Å²) in [4.78, 5) is 8.46. The van der Waals surface area contributed by atoms with E-state index in [1.54, 1.807) is 6.07 Å². The van der Waals surface area contributed by atoms with Gasteiger partial charge in [0, 0.05) is 25.1 Å². The summed E-state index contributed by atoms with van der Waals surface area (Å²) < 4.78 is 0. The molecule has 84 valence electrons. The number of nitrogens with zero attached hydrogens (tertiary/aromatic N) is 2. The van der Waals surface area contributed by atoms with Crippen LogP contribution in [0.4, 0.5) is 11.6 Å². The van der Waals surface area contributed by atoms with Crippen molar-refractivity contribution < 1.29 is 5.11 Å². The lowest BCUT2D eigenvalue weighted by atomic mass is 10.2. The van der Waals surface area contributed by atoms with Gasteiger partial charge in [-0.3, -0.25) is 0 Å². The summed E-state index contributed by atoms with van der Waals surface area (Å²) in [7, 11) is 0. The maximum Gasteiger partial charge on any atom is 0.135 e. The van der Waals surface area contributed by atoms with E-state index < -0.39 is 0 Å². The van der Waals surface area contributed by atoms with Gasteiger partial charge in [0.15, 0.2) is 0 Å². The van der Waals surface area contributed by atoms with Crippen LogP contribution in [0.3, 0.4) is 0 Å². The molecular formula is C10H18N4O. The summed E-state index contributed by atoms with van der Waals surface area (Å²) >= 11 is 0. The van der Waals surface area contributed by atoms with Gasteiger partial charge in [-0.15, -0.1) is 0 Å². The summed E-state index contributed by atoms with van der Waals surface area (Å²) in [6, 6.07) is 1.70. The van der Waals surface area contributed by atoms with Crippen molar-refractivity contribution in [3.8, 4) is 0 Å². The molecule has 0 aliphatic rings. The van der Waals surface area contributed by atoms with Crippen LogP contribution >= 0.6 is 0 Å². The Morgan fingerprint density at radius 2 is 2.20 bits per heavy atom. The van der Waals surface area contributed by atoms with E-state index in [4.69, 9.17) is 10.8 Å². The molecule has 4 N–H and O–H groups in total. The third-order valence-corrected chi connectivity index (χ3v) is 1.92. The number of aliphatic hydroxyl groups is 1. The molecule has 0 radical (unpaired) electrons. The quantitative estimate of drug-likeness (QED) is 0.631. The molecule has 0 atom stereocenters. The van der Waals surface area contributed by atoms with Crippen molar-refractivity contribution in [1.82, 2.24) is 9.97 Å². The van der Waals surface area contributed by atoms with E-state index in [9.17, 15) is 0 Å². The zero-order chi connectivity index (χ0) is 11.3. The summed E-state index contributed by atoms with van der Waals surface area (Å²) in [5, 5.41) is 11.7. The maximum absolute atomic E-state index is 8.64. The molecular weight excluding hydrogens is 192 g/mol. The first kappa shape index (κ1) is 11.7. The molecule has 1 heterocycles. The smallest absolute Gasteiger partial charge is 0.135 e. The standard InChI is InChI=1S/C10H18N4O/c1-7(2)10-13-8(11)6-9(14-10)12-4-3-5-15/h6-7,15H,3-5H2,1-2H3,(H3,11,12,13,14). The van der Waals surface area contributed by atoms with Gasteiger partial charge in [0.1, 0.15) is 17.5 Å². The summed E-state index contributed by atoms with van der Waals surface area (Å²) in [6.45, 7) is 4.90. The van der Waals surface area contributed by atoms with Crippen LogP contribution in [-0.4, -0.2) is 28.2 Å². The number of hydrogen-bond donors (Lipinski definition) is 3. The van der Waals surface area contributed by atoms with Crippen molar-refractivity contribution in [2.24, 2.45) is 0 Å². The van der Waals surface area contributed by atoms with E-state index in [-0.39, 0.29) is 12.5 Å². The van der Waals surface area contributed by atoms with E-state index in [1.807, 2.05) is 13.8 Å². The van der Waals surface area contributed by atoms with Gasteiger partial charge in [0.25, 0.3) is 0 Å². The number of nitrogens with one attached hydrogen (secondary N) is 1. The molecule has 15 heavy (non-hydrogen) atoms. The second-order valence-electron chi connectivity index (χ2n) is 3.69. The van der Waals surface area contributed by atoms with Crippen LogP contribution in [0.15, 0.2) is 6.07 Å². The zero-order valence-corrected chi connectivity index (χ0v) is 9.20. The van der Waals surface area contributed by atoms with Crippen LogP contribution in [0.25, 0.3) is 0 Å². The molecule has 0 bridgehead atoms. The van der Waals surface area contributed by atoms with E-state index >= 15 is 0 Å². The van der Waals surface area contributed by atoms with Gasteiger partial charge >= 0.3 is 0 Å². The minimum Gasteiger partial charge on any atom is -0.396 e. The van der Waals surface area contributed by atoms with Crippen molar-refractivity contribution in [3.05, 3.63) is 11.9 Å². The van der Waals surface area contributed by atoms with Crippen molar-refractivity contribution in [1.29, 1.82) is 0 Å². The molecule has 1 aromatic heterocycles. The first-order chi connectivity index (χ1) is 7.13. The Morgan fingerprint density at radius 1 is 1.47 bits per heavy atom. The molecule has 1 rings (SSSR count). The van der Waals surface area contributed by atoms with Crippen LogP contribution in [0.1, 0.15) is 32.0 Å². The van der Waals surface area contributed by atoms with Crippen molar-refractivity contribution in [2.75, 3.05) is 24.2 Å². The summed E-state index contributed by atoms with van der Waals surface area (Å²) in [6.07, 6.45) is 0.695. The van der Waals surface area contributed by atoms with Crippen LogP contribution in [-0.2, 0) is 0 Å². The topological polar surface area (TPSA) is 84.1 Å². The normalized spacial score (nSPS) is 10.7. The van der Waals surface area contributed by atoms with Gasteiger partial charge in [-0.1, -0.05) is 13.8 Å². The van der Waals surface area contributed by atoms with Crippen molar-refractivity contribution >= 4 is 11.6 Å². The highest BCUT2D eigenvalue weighted by atomic mass is 16.3. The first-order valence-electron chi connectivity index (χ1n) is 5.12. The predicted octanol–water partition coefficient (Wildman–Crippen LogP) is 0.976. The number of rotatable bonds is 5. The largest absolute Gasteiger partial charge is 0.396 e. The van der Waals surface area contributed by atoms with Crippen LogP contribution < -0.4 is 11.1 Å². The fraction of sp³-hybridized carbons (Fsp3) is 0.600. The third kappa shape index (κ3) is 3.71. The maximum atomic E-state index is 8.64. The van der Waals surface area contributed by atoms with Gasteiger partial charge in [0.05, 0.1) is 0 Å². The molecule has 5 heteroatoms. The van der Waals surface area contributed by atoms with Gasteiger partial charge in [-0.2, -0.15) is 0 Å². The van der Waals surface area contributed by atoms with E-state index in [0.29, 0.717) is 18.8 Å². The minimum absolute atomic E-state index is 0.171. The average molecular weight is 210 g/mol. The second-order valence-corrected chi connectivity index (χ2v) is 3.69. The number of aliphatic hydroxyl groups excluding tert-OH is 1. The Balaban J connectivity index is 2.71. The summed E-state index contributed by atoms with van der Waals surface area (Å²) in [5.74, 6) is 2.19. The number of aromatic nitrogens is 2. The predicted molar refractivity (Wildman–Crippen MR) is 60.7 cm³/mol. The SMILES string of the molecule is CC(C)c1nc(N)cc(NCCCO)n1. The summed E-state index contributed by atoms with van der Waals surface area (Å²) in [5.41, 5.74) is 5.66. The Bertz CT molecular complexity index is 314. The van der Waals surface area contributed by atoms with Crippen molar-refractivity contribution in [3.63, 3.8) is 0 Å². The second kappa shape index (κ2) is 5.50. The highest BCUT2D eigenvalue weighted by Gasteiger charge is 2.05. The molecule has 0 aromatic carbocycles. The number of nitrogen functional groups attached to an aromatic ring is 1. The Morgan fingerprint density at radius 3 is 2.80 bits per heavy atom. The molecule has 0 fully saturated rings. The van der Waals surface area contributed by atoms with E-state index in [1.165, 1.54) is 0 Å². The number of nitrogens with two attached hydrogens (primary N) is 1. The molecule has 0 aliphatic carbocycles. The van der Waals surface area contributed by atoms with Crippen LogP contribution in [0, 0.1) is 0 Å². The lowest BCUT2D eigenvalue weighted by Crippen LogP contribution is -2.09. The third-order valence-electron chi connectivity index (χ3n) is 1.92. The fourth-order valence-electron chi connectivity index (χ4n) is 1.13. The zero-order valence-electron chi connectivity index (χ0n) is 9.20. The Hall–Kier alpha value is -1.36. The number of hydrogen-bond acceptors (Lipinski definition) is 5. The highest BCUT2D eigenvalue weighted by molar-refractivity contribution is 5.44. The van der Waals surface area contributed by atoms with Crippen LogP contribution in [0.2, 0.25) is 0 Å². The average Bonchev–Trinajstić information content (AvgIpc) is 2.17. The van der Waals surface area contributed by atoms with Gasteiger partial charge in [-0.05, 0) is 6.42 Å². The highest BCUT2D eigenvalue weighted by Crippen LogP contribution is 2.14. The van der Waals surface area contributed by atoms with E-state index in [2.05, 4.69) is 15.3 Å². The molecule has 5 nitrogen and oxygen atoms in total. The van der Waals surface area contributed by atoms with Gasteiger partial charge in [0.2, 0.25) is 0 Å². The molecule has 0 amide bonds. The molecule has 1 aromatic rings. The Kier molecular flexibility index (Phi) is 4.30. The minimum atomic E-state index is 0.171. The van der Waals surface area contributed by atoms with Crippen LogP contribution in [0.5, 0.6) is 0 Å². The molecule has 0 spiro atoms. The first-order valence-corrected chi connectivity index (χ1v) is 5.12. The molecule has 0 aliphatic heterocycles. The monoisotopic (exact) mass is 210 g/mol. The number of anilines is 2. The van der Waals surface area contributed by atoms with Crippen molar-refractivity contribution in [2.45, 2.75) is 26.2 Å². The lowest BCUT2D eigenvalue weighted by molar-refractivity contribution is 0.292. The lowest BCUT2D eigenvalue weighted by Gasteiger charge is -2.09. The van der Waals surface area contributed by atoms with Gasteiger partial charge < -0.3 is 16.2 Å².